The number of nitrogens with one attached hydrogen (secondary N) is 1. The van der Waals surface area contributed by atoms with E-state index in [2.05, 4.69) is 5.32 Å². The van der Waals surface area contributed by atoms with E-state index in [0.717, 1.165) is 16.9 Å². The molecular formula is C20H25NO3. The van der Waals surface area contributed by atoms with Gasteiger partial charge in [-0.2, -0.15) is 0 Å². The fourth-order valence-corrected chi connectivity index (χ4v) is 2.31. The van der Waals surface area contributed by atoms with Crippen molar-refractivity contribution in [2.75, 3.05) is 6.61 Å². The largest absolute Gasteiger partial charge is 0.494 e. The zero-order valence-corrected chi connectivity index (χ0v) is 14.7. The zero-order chi connectivity index (χ0) is 17.5. The molecule has 0 bridgehead atoms. The Kier molecular flexibility index (Phi) is 6.24. The summed E-state index contributed by atoms with van der Waals surface area (Å²) in [7, 11) is 0. The van der Waals surface area contributed by atoms with E-state index in [-0.39, 0.29) is 11.9 Å². The molecule has 2 rings (SSSR count). The summed E-state index contributed by atoms with van der Waals surface area (Å²) in [6, 6.07) is 15.3. The van der Waals surface area contributed by atoms with Crippen molar-refractivity contribution in [2.45, 2.75) is 39.8 Å². The van der Waals surface area contributed by atoms with E-state index in [9.17, 15) is 4.79 Å². The number of carbonyl (C=O) groups is 1. The van der Waals surface area contributed by atoms with E-state index in [1.165, 1.54) is 0 Å². The van der Waals surface area contributed by atoms with Crippen molar-refractivity contribution in [3.63, 3.8) is 0 Å². The Bertz CT molecular complexity index is 650. The first kappa shape index (κ1) is 17.9. The van der Waals surface area contributed by atoms with Crippen LogP contribution in [0.25, 0.3) is 0 Å². The van der Waals surface area contributed by atoms with Crippen LogP contribution in [0.3, 0.4) is 0 Å². The normalized spacial score (nSPS) is 13.0. The predicted molar refractivity (Wildman–Crippen MR) is 95.4 cm³/mol. The lowest BCUT2D eigenvalue weighted by molar-refractivity contribution is -0.127. The van der Waals surface area contributed by atoms with E-state index >= 15 is 0 Å². The summed E-state index contributed by atoms with van der Waals surface area (Å²) in [5.41, 5.74) is 2.18. The minimum atomic E-state index is -0.558. The summed E-state index contributed by atoms with van der Waals surface area (Å²) < 4.78 is 11.1. The van der Waals surface area contributed by atoms with Gasteiger partial charge in [-0.1, -0.05) is 29.8 Å². The van der Waals surface area contributed by atoms with Gasteiger partial charge in [0.05, 0.1) is 12.6 Å². The molecule has 0 fully saturated rings. The van der Waals surface area contributed by atoms with Crippen molar-refractivity contribution < 1.29 is 14.3 Å². The Labute approximate surface area is 143 Å². The van der Waals surface area contributed by atoms with Gasteiger partial charge in [-0.3, -0.25) is 4.79 Å². The van der Waals surface area contributed by atoms with Gasteiger partial charge in [0.15, 0.2) is 6.10 Å². The molecule has 1 amide bonds. The maximum atomic E-state index is 12.3. The van der Waals surface area contributed by atoms with E-state index in [1.807, 2.05) is 69.3 Å². The van der Waals surface area contributed by atoms with E-state index < -0.39 is 6.10 Å². The molecule has 0 aliphatic heterocycles. The number of amides is 1. The van der Waals surface area contributed by atoms with Gasteiger partial charge >= 0.3 is 0 Å². The molecule has 1 N–H and O–H groups in total. The van der Waals surface area contributed by atoms with Gasteiger partial charge < -0.3 is 14.8 Å². The van der Waals surface area contributed by atoms with Gasteiger partial charge in [0.1, 0.15) is 11.5 Å². The number of hydrogen-bond donors (Lipinski definition) is 1. The number of rotatable bonds is 7. The molecule has 2 atom stereocenters. The monoisotopic (exact) mass is 327 g/mol. The van der Waals surface area contributed by atoms with Crippen molar-refractivity contribution in [3.05, 3.63) is 59.7 Å². The van der Waals surface area contributed by atoms with Crippen LogP contribution in [0.4, 0.5) is 0 Å². The third-order valence-electron chi connectivity index (χ3n) is 3.75. The van der Waals surface area contributed by atoms with Crippen LogP contribution in [-0.2, 0) is 4.79 Å². The smallest absolute Gasteiger partial charge is 0.261 e. The topological polar surface area (TPSA) is 47.6 Å². The number of benzene rings is 2. The van der Waals surface area contributed by atoms with Crippen molar-refractivity contribution in [3.8, 4) is 11.5 Å². The summed E-state index contributed by atoms with van der Waals surface area (Å²) in [6.07, 6.45) is -0.558. The van der Waals surface area contributed by atoms with Crippen molar-refractivity contribution in [2.24, 2.45) is 0 Å². The molecular weight excluding hydrogens is 302 g/mol. The highest BCUT2D eigenvalue weighted by Gasteiger charge is 2.17. The summed E-state index contributed by atoms with van der Waals surface area (Å²) in [5, 5.41) is 2.97. The molecule has 4 heteroatoms. The lowest BCUT2D eigenvalue weighted by atomic mass is 10.1. The number of carbonyl (C=O) groups excluding carboxylic acids is 1. The van der Waals surface area contributed by atoms with Gasteiger partial charge in [-0.25, -0.2) is 0 Å². The maximum absolute atomic E-state index is 12.3. The first-order valence-electron chi connectivity index (χ1n) is 8.26. The van der Waals surface area contributed by atoms with Crippen molar-refractivity contribution in [1.29, 1.82) is 0 Å². The van der Waals surface area contributed by atoms with Gasteiger partial charge in [0.2, 0.25) is 0 Å². The van der Waals surface area contributed by atoms with Crippen LogP contribution in [0, 0.1) is 6.92 Å². The van der Waals surface area contributed by atoms with Crippen LogP contribution < -0.4 is 14.8 Å². The minimum Gasteiger partial charge on any atom is -0.494 e. The second-order valence-electron chi connectivity index (χ2n) is 5.81. The van der Waals surface area contributed by atoms with Gasteiger partial charge in [0, 0.05) is 0 Å². The summed E-state index contributed by atoms with van der Waals surface area (Å²) in [6.45, 7) is 8.30. The molecule has 2 aromatic carbocycles. The van der Waals surface area contributed by atoms with Crippen LogP contribution in [0.5, 0.6) is 11.5 Å². The molecule has 0 saturated carbocycles. The average Bonchev–Trinajstić information content (AvgIpc) is 2.57. The Balaban J connectivity index is 1.91. The first-order valence-corrected chi connectivity index (χ1v) is 8.26. The molecule has 0 heterocycles. The lowest BCUT2D eigenvalue weighted by Crippen LogP contribution is -2.37. The highest BCUT2D eigenvalue weighted by Crippen LogP contribution is 2.18. The van der Waals surface area contributed by atoms with E-state index in [1.54, 1.807) is 6.92 Å². The number of hydrogen-bond acceptors (Lipinski definition) is 3. The molecule has 0 radical (unpaired) electrons. The molecule has 2 aromatic rings. The van der Waals surface area contributed by atoms with E-state index in [4.69, 9.17) is 9.47 Å². The van der Waals surface area contributed by atoms with Crippen molar-refractivity contribution >= 4 is 5.91 Å². The fraction of sp³-hybridized carbons (Fsp3) is 0.350. The third-order valence-corrected chi connectivity index (χ3v) is 3.75. The fourth-order valence-electron chi connectivity index (χ4n) is 2.31. The Hall–Kier alpha value is -2.49. The van der Waals surface area contributed by atoms with Crippen LogP contribution in [0.15, 0.2) is 48.5 Å². The Morgan fingerprint density at radius 1 is 1.00 bits per heavy atom. The average molecular weight is 327 g/mol. The standard InChI is InChI=1S/C20H25NO3/c1-5-23-18-12-8-17(9-13-18)15(3)21-20(22)16(4)24-19-10-6-14(2)7-11-19/h6-13,15-16H,5H2,1-4H3,(H,21,22)/t15-,16-/m1/s1. The molecule has 128 valence electrons. The zero-order valence-electron chi connectivity index (χ0n) is 14.7. The molecule has 0 spiro atoms. The summed E-state index contributed by atoms with van der Waals surface area (Å²) in [5.74, 6) is 1.38. The van der Waals surface area contributed by atoms with Crippen molar-refractivity contribution in [1.82, 2.24) is 5.32 Å². The second-order valence-corrected chi connectivity index (χ2v) is 5.81. The summed E-state index contributed by atoms with van der Waals surface area (Å²) >= 11 is 0. The number of aryl methyl sites for hydroxylation is 1. The summed E-state index contributed by atoms with van der Waals surface area (Å²) in [4.78, 5) is 12.3. The quantitative estimate of drug-likeness (QED) is 0.835. The molecule has 0 unspecified atom stereocenters. The molecule has 0 saturated heterocycles. The van der Waals surface area contributed by atoms with Crippen LogP contribution >= 0.6 is 0 Å². The Morgan fingerprint density at radius 2 is 1.58 bits per heavy atom. The van der Waals surface area contributed by atoms with E-state index in [0.29, 0.717) is 12.4 Å². The third kappa shape index (κ3) is 5.01. The predicted octanol–water partition coefficient (Wildman–Crippen LogP) is 4.04. The molecule has 0 aliphatic carbocycles. The molecule has 4 nitrogen and oxygen atoms in total. The Morgan fingerprint density at radius 3 is 2.17 bits per heavy atom. The highest BCUT2D eigenvalue weighted by atomic mass is 16.5. The van der Waals surface area contributed by atoms with Gasteiger partial charge in [0.25, 0.3) is 5.91 Å². The van der Waals surface area contributed by atoms with Crippen LogP contribution in [-0.4, -0.2) is 18.6 Å². The SMILES string of the molecule is CCOc1ccc([C@@H](C)NC(=O)[C@@H](C)Oc2ccc(C)cc2)cc1. The second kappa shape index (κ2) is 8.39. The van der Waals surface area contributed by atoms with Crippen LogP contribution in [0.2, 0.25) is 0 Å². The minimum absolute atomic E-state index is 0.0998. The maximum Gasteiger partial charge on any atom is 0.261 e. The molecule has 0 aromatic heterocycles. The first-order chi connectivity index (χ1) is 11.5. The van der Waals surface area contributed by atoms with Gasteiger partial charge in [-0.15, -0.1) is 0 Å². The van der Waals surface area contributed by atoms with Gasteiger partial charge in [-0.05, 0) is 57.5 Å². The van der Waals surface area contributed by atoms with Crippen LogP contribution in [0.1, 0.15) is 37.9 Å². The lowest BCUT2D eigenvalue weighted by Gasteiger charge is -2.19. The molecule has 0 aliphatic rings. The number of ether oxygens (including phenoxy) is 2. The molecule has 24 heavy (non-hydrogen) atoms. The highest BCUT2D eigenvalue weighted by molar-refractivity contribution is 5.81.